The van der Waals surface area contributed by atoms with E-state index in [-0.39, 0.29) is 0 Å². The molecular weight excluding hydrogens is 234 g/mol. The van der Waals surface area contributed by atoms with Crippen molar-refractivity contribution < 1.29 is 4.74 Å². The SMILES string of the molecule is CCOc1c(-c2ccccc2)[c]nc2ccccc12. The first-order valence-electron chi connectivity index (χ1n) is 6.39. The van der Waals surface area contributed by atoms with Crippen LogP contribution >= 0.6 is 0 Å². The first-order chi connectivity index (χ1) is 9.40. The lowest BCUT2D eigenvalue weighted by molar-refractivity contribution is 0.345. The maximum atomic E-state index is 5.83. The van der Waals surface area contributed by atoms with Crippen molar-refractivity contribution in [3.05, 3.63) is 60.8 Å². The summed E-state index contributed by atoms with van der Waals surface area (Å²) in [6.07, 6.45) is 3.11. The van der Waals surface area contributed by atoms with Crippen LogP contribution in [0, 0.1) is 6.20 Å². The van der Waals surface area contributed by atoms with Crippen LogP contribution in [0.15, 0.2) is 54.6 Å². The number of aromatic nitrogens is 1. The number of pyridine rings is 1. The van der Waals surface area contributed by atoms with Crippen molar-refractivity contribution in [1.29, 1.82) is 0 Å². The summed E-state index contributed by atoms with van der Waals surface area (Å²) in [5, 5.41) is 1.03. The van der Waals surface area contributed by atoms with E-state index in [4.69, 9.17) is 4.74 Å². The molecule has 0 atom stereocenters. The minimum Gasteiger partial charge on any atom is -0.492 e. The Morgan fingerprint density at radius 2 is 1.74 bits per heavy atom. The zero-order valence-electron chi connectivity index (χ0n) is 10.8. The molecule has 0 unspecified atom stereocenters. The highest BCUT2D eigenvalue weighted by atomic mass is 16.5. The molecule has 0 amide bonds. The monoisotopic (exact) mass is 248 g/mol. The van der Waals surface area contributed by atoms with Crippen LogP contribution in [-0.2, 0) is 0 Å². The molecule has 93 valence electrons. The van der Waals surface area contributed by atoms with Gasteiger partial charge in [-0.05, 0) is 24.6 Å². The van der Waals surface area contributed by atoms with Gasteiger partial charge in [-0.2, -0.15) is 0 Å². The second kappa shape index (κ2) is 5.11. The first-order valence-corrected chi connectivity index (χ1v) is 6.39. The van der Waals surface area contributed by atoms with E-state index in [1.165, 1.54) is 0 Å². The van der Waals surface area contributed by atoms with Crippen LogP contribution < -0.4 is 4.74 Å². The zero-order valence-corrected chi connectivity index (χ0v) is 10.8. The van der Waals surface area contributed by atoms with Gasteiger partial charge in [-0.25, -0.2) is 4.98 Å². The van der Waals surface area contributed by atoms with Crippen LogP contribution in [0.1, 0.15) is 6.92 Å². The van der Waals surface area contributed by atoms with Crippen LogP contribution in [0.3, 0.4) is 0 Å². The molecule has 2 aromatic carbocycles. The van der Waals surface area contributed by atoms with Gasteiger partial charge in [0.1, 0.15) is 11.9 Å². The third-order valence-corrected chi connectivity index (χ3v) is 3.02. The van der Waals surface area contributed by atoms with Gasteiger partial charge in [0, 0.05) is 5.39 Å². The van der Waals surface area contributed by atoms with E-state index in [1.54, 1.807) is 0 Å². The van der Waals surface area contributed by atoms with Crippen molar-refractivity contribution in [3.63, 3.8) is 0 Å². The van der Waals surface area contributed by atoms with Crippen LogP contribution in [-0.4, -0.2) is 11.6 Å². The summed E-state index contributed by atoms with van der Waals surface area (Å²) in [6.45, 7) is 2.62. The summed E-state index contributed by atoms with van der Waals surface area (Å²) in [7, 11) is 0. The smallest absolute Gasteiger partial charge is 0.138 e. The van der Waals surface area contributed by atoms with Gasteiger partial charge in [-0.15, -0.1) is 0 Å². The predicted octanol–water partition coefficient (Wildman–Crippen LogP) is 4.10. The molecule has 2 heteroatoms. The van der Waals surface area contributed by atoms with Crippen molar-refractivity contribution in [2.24, 2.45) is 0 Å². The molecule has 3 aromatic rings. The fourth-order valence-electron chi connectivity index (χ4n) is 2.16. The summed E-state index contributed by atoms with van der Waals surface area (Å²) >= 11 is 0. The number of rotatable bonds is 3. The maximum absolute atomic E-state index is 5.83. The number of hydrogen-bond donors (Lipinski definition) is 0. The van der Waals surface area contributed by atoms with Crippen molar-refractivity contribution >= 4 is 10.9 Å². The van der Waals surface area contributed by atoms with E-state index in [9.17, 15) is 0 Å². The van der Waals surface area contributed by atoms with Crippen LogP contribution in [0.25, 0.3) is 22.0 Å². The van der Waals surface area contributed by atoms with Crippen molar-refractivity contribution in [2.75, 3.05) is 6.61 Å². The Kier molecular flexibility index (Phi) is 3.15. The Labute approximate surface area is 112 Å². The molecule has 0 fully saturated rings. The highest BCUT2D eigenvalue weighted by Gasteiger charge is 2.11. The van der Waals surface area contributed by atoms with Gasteiger partial charge in [0.2, 0.25) is 0 Å². The largest absolute Gasteiger partial charge is 0.492 e. The second-order valence-corrected chi connectivity index (χ2v) is 4.24. The van der Waals surface area contributed by atoms with E-state index < -0.39 is 0 Å². The molecule has 0 bridgehead atoms. The van der Waals surface area contributed by atoms with Crippen LogP contribution in [0.2, 0.25) is 0 Å². The quantitative estimate of drug-likeness (QED) is 0.696. The van der Waals surface area contributed by atoms with Gasteiger partial charge in [-0.3, -0.25) is 0 Å². The molecule has 1 heterocycles. The standard InChI is InChI=1S/C17H14NO/c1-2-19-17-14-10-6-7-11-16(14)18-12-15(17)13-8-4-3-5-9-13/h3-11H,2H2,1H3. The van der Waals surface area contributed by atoms with E-state index in [1.807, 2.05) is 61.5 Å². The van der Waals surface area contributed by atoms with Gasteiger partial charge in [0.15, 0.2) is 0 Å². The minimum absolute atomic E-state index is 0.627. The molecule has 19 heavy (non-hydrogen) atoms. The Balaban J connectivity index is 2.27. The van der Waals surface area contributed by atoms with E-state index >= 15 is 0 Å². The molecule has 0 aliphatic heterocycles. The average Bonchev–Trinajstić information content (AvgIpc) is 2.49. The summed E-state index contributed by atoms with van der Waals surface area (Å²) < 4.78 is 5.83. The number of nitrogens with zero attached hydrogens (tertiary/aromatic N) is 1. The lowest BCUT2D eigenvalue weighted by atomic mass is 10.0. The third kappa shape index (κ3) is 2.17. The number of para-hydroxylation sites is 1. The van der Waals surface area contributed by atoms with Gasteiger partial charge in [0.25, 0.3) is 0 Å². The molecule has 0 saturated heterocycles. The molecule has 0 aliphatic carbocycles. The summed E-state index contributed by atoms with van der Waals surface area (Å²) in [6, 6.07) is 18.1. The van der Waals surface area contributed by atoms with E-state index in [2.05, 4.69) is 11.2 Å². The van der Waals surface area contributed by atoms with Gasteiger partial charge in [-0.1, -0.05) is 42.5 Å². The summed E-state index contributed by atoms with van der Waals surface area (Å²) in [5.41, 5.74) is 2.90. The molecule has 2 nitrogen and oxygen atoms in total. The van der Waals surface area contributed by atoms with Gasteiger partial charge in [0.05, 0.1) is 17.7 Å². The predicted molar refractivity (Wildman–Crippen MR) is 77.2 cm³/mol. The number of hydrogen-bond acceptors (Lipinski definition) is 2. The molecule has 0 aliphatic rings. The molecule has 1 aromatic heterocycles. The summed E-state index contributed by atoms with van der Waals surface area (Å²) in [4.78, 5) is 4.40. The maximum Gasteiger partial charge on any atom is 0.138 e. The lowest BCUT2D eigenvalue weighted by Gasteiger charge is -2.12. The van der Waals surface area contributed by atoms with Crippen molar-refractivity contribution in [2.45, 2.75) is 6.92 Å². The molecule has 0 saturated carbocycles. The molecule has 0 spiro atoms. The fourth-order valence-corrected chi connectivity index (χ4v) is 2.16. The van der Waals surface area contributed by atoms with Crippen molar-refractivity contribution in [3.8, 4) is 16.9 Å². The molecule has 3 rings (SSSR count). The highest BCUT2D eigenvalue weighted by molar-refractivity contribution is 5.91. The Hall–Kier alpha value is -2.35. The van der Waals surface area contributed by atoms with Crippen molar-refractivity contribution in [1.82, 2.24) is 4.98 Å². The average molecular weight is 248 g/mol. The topological polar surface area (TPSA) is 22.1 Å². The lowest BCUT2D eigenvalue weighted by Crippen LogP contribution is -1.97. The zero-order chi connectivity index (χ0) is 13.1. The highest BCUT2D eigenvalue weighted by Crippen LogP contribution is 2.35. The second-order valence-electron chi connectivity index (χ2n) is 4.24. The molecular formula is C17H14NO. The summed E-state index contributed by atoms with van der Waals surface area (Å²) in [5.74, 6) is 0.860. The van der Waals surface area contributed by atoms with Crippen LogP contribution in [0.4, 0.5) is 0 Å². The Bertz CT molecular complexity index is 692. The number of ether oxygens (including phenoxy) is 1. The molecule has 0 N–H and O–H groups in total. The Morgan fingerprint density at radius 3 is 2.53 bits per heavy atom. The van der Waals surface area contributed by atoms with E-state index in [0.717, 1.165) is 27.8 Å². The Morgan fingerprint density at radius 1 is 1.00 bits per heavy atom. The first kappa shape index (κ1) is 11.7. The third-order valence-electron chi connectivity index (χ3n) is 3.02. The van der Waals surface area contributed by atoms with E-state index in [0.29, 0.717) is 6.61 Å². The number of benzene rings is 2. The fraction of sp³-hybridized carbons (Fsp3) is 0.118. The number of fused-ring (bicyclic) bond motifs is 1. The van der Waals surface area contributed by atoms with Crippen LogP contribution in [0.5, 0.6) is 5.75 Å². The molecule has 1 radical (unpaired) electrons. The van der Waals surface area contributed by atoms with Gasteiger partial charge >= 0.3 is 0 Å². The van der Waals surface area contributed by atoms with Gasteiger partial charge < -0.3 is 4.74 Å². The normalized spacial score (nSPS) is 10.6. The minimum atomic E-state index is 0.627.